The lowest BCUT2D eigenvalue weighted by atomic mass is 9.97. The van der Waals surface area contributed by atoms with Crippen LogP contribution in [0.3, 0.4) is 0 Å². The Morgan fingerprint density at radius 3 is 3.00 bits per heavy atom. The van der Waals surface area contributed by atoms with Gasteiger partial charge >= 0.3 is 0 Å². The molecule has 22 heavy (non-hydrogen) atoms. The molecule has 0 amide bonds. The summed E-state index contributed by atoms with van der Waals surface area (Å²) < 4.78 is 5.25. The summed E-state index contributed by atoms with van der Waals surface area (Å²) in [6, 6.07) is 3.91. The molecule has 2 rings (SSSR count). The number of rotatable bonds is 6. The van der Waals surface area contributed by atoms with Crippen LogP contribution in [0.5, 0.6) is 5.88 Å². The van der Waals surface area contributed by atoms with E-state index in [1.165, 1.54) is 25.7 Å². The molecule has 1 aliphatic rings. The van der Waals surface area contributed by atoms with E-state index in [-0.39, 0.29) is 0 Å². The van der Waals surface area contributed by atoms with Gasteiger partial charge in [0.2, 0.25) is 5.88 Å². The first-order chi connectivity index (χ1) is 10.8. The van der Waals surface area contributed by atoms with Crippen LogP contribution >= 0.6 is 0 Å². The van der Waals surface area contributed by atoms with Gasteiger partial charge in [-0.15, -0.1) is 0 Å². The summed E-state index contributed by atoms with van der Waals surface area (Å²) in [6.45, 7) is 1.55. The van der Waals surface area contributed by atoms with Gasteiger partial charge in [-0.2, -0.15) is 0 Å². The lowest BCUT2D eigenvalue weighted by Crippen LogP contribution is -2.37. The third kappa shape index (κ3) is 5.06. The van der Waals surface area contributed by atoms with E-state index >= 15 is 0 Å². The maximum atomic E-state index is 5.25. The Hall–Kier alpha value is -2.04. The molecule has 0 saturated heterocycles. The zero-order chi connectivity index (χ0) is 15.6. The molecule has 0 aliphatic heterocycles. The van der Waals surface area contributed by atoms with Gasteiger partial charge in [-0.3, -0.25) is 4.99 Å². The van der Waals surface area contributed by atoms with Crippen LogP contribution in [0.2, 0.25) is 0 Å². The molecule has 1 aromatic rings. The fraction of sp³-hybridized carbons (Fsp3) is 0.529. The van der Waals surface area contributed by atoms with Crippen molar-refractivity contribution < 1.29 is 4.74 Å². The first kappa shape index (κ1) is 16.3. The number of aliphatic imine (C=N–C) groups is 1. The van der Waals surface area contributed by atoms with Crippen LogP contribution in [0.1, 0.15) is 37.7 Å². The van der Waals surface area contributed by atoms with E-state index in [1.807, 2.05) is 12.1 Å². The summed E-state index contributed by atoms with van der Waals surface area (Å²) >= 11 is 0. The molecule has 5 nitrogen and oxygen atoms in total. The van der Waals surface area contributed by atoms with Crippen LogP contribution in [0.15, 0.2) is 35.0 Å². The van der Waals surface area contributed by atoms with E-state index in [1.54, 1.807) is 25.9 Å². The van der Waals surface area contributed by atoms with Crippen LogP contribution in [0, 0.1) is 0 Å². The number of ether oxygens (including phenoxy) is 1. The van der Waals surface area contributed by atoms with Gasteiger partial charge in [0.25, 0.3) is 0 Å². The van der Waals surface area contributed by atoms with Crippen molar-refractivity contribution in [3.05, 3.63) is 35.5 Å². The van der Waals surface area contributed by atoms with E-state index in [0.717, 1.165) is 24.5 Å². The van der Waals surface area contributed by atoms with Crippen LogP contribution in [-0.2, 0) is 6.54 Å². The predicted octanol–water partition coefficient (Wildman–Crippen LogP) is 2.65. The maximum absolute atomic E-state index is 5.25. The van der Waals surface area contributed by atoms with Crippen molar-refractivity contribution in [3.8, 4) is 5.88 Å². The lowest BCUT2D eigenvalue weighted by molar-refractivity contribution is 0.392. The second-order valence-electron chi connectivity index (χ2n) is 5.38. The third-order valence-electron chi connectivity index (χ3n) is 3.84. The van der Waals surface area contributed by atoms with Crippen LogP contribution in [0.4, 0.5) is 0 Å². The molecule has 0 fully saturated rings. The highest BCUT2D eigenvalue weighted by Crippen LogP contribution is 2.19. The Morgan fingerprint density at radius 1 is 1.36 bits per heavy atom. The Morgan fingerprint density at radius 2 is 2.27 bits per heavy atom. The molecule has 0 aromatic carbocycles. The summed E-state index contributed by atoms with van der Waals surface area (Å²) in [5.41, 5.74) is 2.59. The number of methoxy groups -OCH3 is 1. The van der Waals surface area contributed by atoms with Gasteiger partial charge in [0, 0.05) is 31.9 Å². The molecule has 5 heteroatoms. The van der Waals surface area contributed by atoms with Gasteiger partial charge in [-0.25, -0.2) is 4.98 Å². The minimum absolute atomic E-state index is 0.638. The second-order valence-corrected chi connectivity index (χ2v) is 5.38. The monoisotopic (exact) mass is 302 g/mol. The van der Waals surface area contributed by atoms with Crippen LogP contribution in [-0.4, -0.2) is 31.6 Å². The van der Waals surface area contributed by atoms with Crippen LogP contribution in [0.25, 0.3) is 0 Å². The van der Waals surface area contributed by atoms with E-state index in [4.69, 9.17) is 4.74 Å². The summed E-state index contributed by atoms with van der Waals surface area (Å²) in [5.74, 6) is 1.46. The van der Waals surface area contributed by atoms with Gasteiger partial charge in [0.15, 0.2) is 5.96 Å². The van der Waals surface area contributed by atoms with Gasteiger partial charge in [0.05, 0.1) is 7.11 Å². The molecule has 2 N–H and O–H groups in total. The molecule has 0 saturated carbocycles. The van der Waals surface area contributed by atoms with E-state index in [0.29, 0.717) is 12.4 Å². The zero-order valence-corrected chi connectivity index (χ0v) is 13.6. The molecule has 0 unspecified atom stereocenters. The average Bonchev–Trinajstić information content (AvgIpc) is 2.59. The molecule has 1 aromatic heterocycles. The number of aromatic nitrogens is 1. The van der Waals surface area contributed by atoms with Crippen molar-refractivity contribution in [2.75, 3.05) is 20.7 Å². The predicted molar refractivity (Wildman–Crippen MR) is 90.2 cm³/mol. The van der Waals surface area contributed by atoms with Gasteiger partial charge in [-0.1, -0.05) is 17.7 Å². The number of nitrogens with zero attached hydrogens (tertiary/aromatic N) is 2. The number of allylic oxidation sites excluding steroid dienone is 1. The highest BCUT2D eigenvalue weighted by molar-refractivity contribution is 5.79. The fourth-order valence-corrected chi connectivity index (χ4v) is 2.62. The first-order valence-corrected chi connectivity index (χ1v) is 7.94. The number of nitrogens with one attached hydrogen (secondary N) is 2. The molecule has 0 atom stereocenters. The highest BCUT2D eigenvalue weighted by atomic mass is 16.5. The van der Waals surface area contributed by atoms with Crippen molar-refractivity contribution in [1.29, 1.82) is 0 Å². The topological polar surface area (TPSA) is 58.5 Å². The normalized spacial score (nSPS) is 15.2. The minimum atomic E-state index is 0.638. The maximum Gasteiger partial charge on any atom is 0.218 e. The van der Waals surface area contributed by atoms with Gasteiger partial charge in [-0.05, 0) is 38.2 Å². The molecule has 1 aliphatic carbocycles. The van der Waals surface area contributed by atoms with E-state index in [9.17, 15) is 0 Å². The highest BCUT2D eigenvalue weighted by Gasteiger charge is 2.06. The smallest absolute Gasteiger partial charge is 0.218 e. The summed E-state index contributed by atoms with van der Waals surface area (Å²) in [5, 5.41) is 6.66. The largest absolute Gasteiger partial charge is 0.481 e. The van der Waals surface area contributed by atoms with Crippen molar-refractivity contribution in [3.63, 3.8) is 0 Å². The molecule has 0 bridgehead atoms. The van der Waals surface area contributed by atoms with Crippen molar-refractivity contribution in [2.24, 2.45) is 4.99 Å². The fourth-order valence-electron chi connectivity index (χ4n) is 2.62. The summed E-state index contributed by atoms with van der Waals surface area (Å²) in [6.07, 6.45) is 10.4. The first-order valence-electron chi connectivity index (χ1n) is 7.94. The minimum Gasteiger partial charge on any atom is -0.481 e. The molecule has 120 valence electrons. The molecule has 0 radical (unpaired) electrons. The Kier molecular flexibility index (Phi) is 6.74. The molecule has 1 heterocycles. The van der Waals surface area contributed by atoms with E-state index < -0.39 is 0 Å². The van der Waals surface area contributed by atoms with Crippen molar-refractivity contribution in [1.82, 2.24) is 15.6 Å². The van der Waals surface area contributed by atoms with Gasteiger partial charge in [0.1, 0.15) is 0 Å². The van der Waals surface area contributed by atoms with Crippen LogP contribution < -0.4 is 15.4 Å². The van der Waals surface area contributed by atoms with Crippen molar-refractivity contribution >= 4 is 5.96 Å². The van der Waals surface area contributed by atoms with Crippen molar-refractivity contribution in [2.45, 2.75) is 38.6 Å². The summed E-state index contributed by atoms with van der Waals surface area (Å²) in [7, 11) is 3.42. The van der Waals surface area contributed by atoms with E-state index in [2.05, 4.69) is 26.7 Å². The lowest BCUT2D eigenvalue weighted by Gasteiger charge is -2.15. The standard InChI is InChI=1S/C17H26N4O/c1-18-17(20-12-10-14-7-4-3-5-8-14)21-13-15-9-6-11-19-16(15)22-2/h6-7,9,11H,3-5,8,10,12-13H2,1-2H3,(H2,18,20,21). The molecule has 0 spiro atoms. The Labute approximate surface area is 132 Å². The quantitative estimate of drug-likeness (QED) is 0.482. The summed E-state index contributed by atoms with van der Waals surface area (Å²) in [4.78, 5) is 8.45. The Bertz CT molecular complexity index is 525. The van der Waals surface area contributed by atoms with Gasteiger partial charge < -0.3 is 15.4 Å². The number of guanidine groups is 1. The third-order valence-corrected chi connectivity index (χ3v) is 3.84. The molecular weight excluding hydrogens is 276 g/mol. The SMILES string of the molecule is CN=C(NCCC1=CCCCC1)NCc1cccnc1OC. The molecular formula is C17H26N4O. The Balaban J connectivity index is 1.76. The number of pyridine rings is 1. The second kappa shape index (κ2) is 9.07. The zero-order valence-electron chi connectivity index (χ0n) is 13.6. The number of hydrogen-bond donors (Lipinski definition) is 2. The number of hydrogen-bond acceptors (Lipinski definition) is 3. The average molecular weight is 302 g/mol.